The van der Waals surface area contributed by atoms with E-state index in [0.29, 0.717) is 18.5 Å². The number of anilines is 1. The van der Waals surface area contributed by atoms with Crippen molar-refractivity contribution in [1.82, 2.24) is 19.7 Å². The summed E-state index contributed by atoms with van der Waals surface area (Å²) in [7, 11) is 1.64. The van der Waals surface area contributed by atoms with Crippen molar-refractivity contribution >= 4 is 16.7 Å². The Bertz CT molecular complexity index is 999. The van der Waals surface area contributed by atoms with E-state index in [0.717, 1.165) is 42.2 Å². The molecular formula is C20H23N5O2. The Morgan fingerprint density at radius 3 is 2.81 bits per heavy atom. The number of hydrogen-bond acceptors (Lipinski definition) is 6. The molecule has 0 spiro atoms. The minimum absolute atomic E-state index is 0.00355. The lowest BCUT2D eigenvalue weighted by Gasteiger charge is -2.27. The van der Waals surface area contributed by atoms with Gasteiger partial charge in [0.2, 0.25) is 0 Å². The SMILES string of the molecule is COCCn1c(C2CCCN2c2ccc(C)nn2)nc2ccccc2c1=O. The highest BCUT2D eigenvalue weighted by molar-refractivity contribution is 5.77. The number of nitrogens with zero attached hydrogens (tertiary/aromatic N) is 5. The van der Waals surface area contributed by atoms with Gasteiger partial charge >= 0.3 is 0 Å². The second-order valence-electron chi connectivity index (χ2n) is 6.82. The molecule has 1 atom stereocenters. The van der Waals surface area contributed by atoms with E-state index in [2.05, 4.69) is 15.1 Å². The molecule has 1 aliphatic rings. The highest BCUT2D eigenvalue weighted by Crippen LogP contribution is 2.34. The summed E-state index contributed by atoms with van der Waals surface area (Å²) < 4.78 is 6.99. The number of hydrogen-bond donors (Lipinski definition) is 0. The summed E-state index contributed by atoms with van der Waals surface area (Å²) in [5.41, 5.74) is 1.60. The Hall–Kier alpha value is -2.80. The first-order valence-corrected chi connectivity index (χ1v) is 9.24. The third-order valence-electron chi connectivity index (χ3n) is 5.04. The normalized spacial score (nSPS) is 17.0. The Morgan fingerprint density at radius 2 is 2.04 bits per heavy atom. The molecule has 1 aromatic carbocycles. The van der Waals surface area contributed by atoms with E-state index >= 15 is 0 Å². The van der Waals surface area contributed by atoms with E-state index in [1.165, 1.54) is 0 Å². The summed E-state index contributed by atoms with van der Waals surface area (Å²) in [6.45, 7) is 3.73. The molecule has 3 heterocycles. The molecule has 0 bridgehead atoms. The van der Waals surface area contributed by atoms with Crippen LogP contribution in [0.3, 0.4) is 0 Å². The molecule has 0 aliphatic carbocycles. The number of ether oxygens (including phenoxy) is 1. The second kappa shape index (κ2) is 7.44. The zero-order valence-corrected chi connectivity index (χ0v) is 15.6. The van der Waals surface area contributed by atoms with Crippen LogP contribution in [-0.2, 0) is 11.3 Å². The van der Waals surface area contributed by atoms with Crippen LogP contribution in [0.4, 0.5) is 5.82 Å². The van der Waals surface area contributed by atoms with Gasteiger partial charge in [-0.1, -0.05) is 12.1 Å². The van der Waals surface area contributed by atoms with Crippen molar-refractivity contribution in [1.29, 1.82) is 0 Å². The van der Waals surface area contributed by atoms with E-state index in [1.54, 1.807) is 11.7 Å². The average molecular weight is 365 g/mol. The van der Waals surface area contributed by atoms with Crippen molar-refractivity contribution in [2.75, 3.05) is 25.2 Å². The van der Waals surface area contributed by atoms with Gasteiger partial charge < -0.3 is 9.64 Å². The Labute approximate surface area is 157 Å². The van der Waals surface area contributed by atoms with Gasteiger partial charge in [0.15, 0.2) is 5.82 Å². The summed E-state index contributed by atoms with van der Waals surface area (Å²) in [4.78, 5) is 20.2. The van der Waals surface area contributed by atoms with Crippen LogP contribution in [0.5, 0.6) is 0 Å². The standard InChI is InChI=1S/C20H23N5O2/c1-14-9-10-18(23-22-14)24-11-5-8-17(24)19-21-16-7-4-3-6-15(16)20(26)25(19)12-13-27-2/h3-4,6-7,9-10,17H,5,8,11-13H2,1-2H3. The minimum Gasteiger partial charge on any atom is -0.383 e. The first-order valence-electron chi connectivity index (χ1n) is 9.24. The average Bonchev–Trinajstić information content (AvgIpc) is 3.17. The fourth-order valence-corrected chi connectivity index (χ4v) is 3.69. The zero-order chi connectivity index (χ0) is 18.8. The molecule has 1 unspecified atom stereocenters. The van der Waals surface area contributed by atoms with E-state index < -0.39 is 0 Å². The largest absolute Gasteiger partial charge is 0.383 e. The topological polar surface area (TPSA) is 73.1 Å². The monoisotopic (exact) mass is 365 g/mol. The van der Waals surface area contributed by atoms with Crippen molar-refractivity contribution in [3.8, 4) is 0 Å². The highest BCUT2D eigenvalue weighted by atomic mass is 16.5. The van der Waals surface area contributed by atoms with Crippen molar-refractivity contribution < 1.29 is 4.74 Å². The van der Waals surface area contributed by atoms with Crippen LogP contribution in [0, 0.1) is 6.92 Å². The number of aromatic nitrogens is 4. The number of para-hydroxylation sites is 1. The Balaban J connectivity index is 1.83. The molecule has 4 rings (SSSR count). The highest BCUT2D eigenvalue weighted by Gasteiger charge is 2.31. The maximum Gasteiger partial charge on any atom is 0.261 e. The molecule has 3 aromatic rings. The predicted octanol–water partition coefficient (Wildman–Crippen LogP) is 2.48. The third-order valence-corrected chi connectivity index (χ3v) is 5.04. The lowest BCUT2D eigenvalue weighted by atomic mass is 10.1. The summed E-state index contributed by atoms with van der Waals surface area (Å²) in [6.07, 6.45) is 1.94. The van der Waals surface area contributed by atoms with Gasteiger partial charge in [-0.3, -0.25) is 9.36 Å². The molecule has 1 fully saturated rings. The van der Waals surface area contributed by atoms with Crippen molar-refractivity contribution in [2.24, 2.45) is 0 Å². The maximum atomic E-state index is 13.1. The van der Waals surface area contributed by atoms with Crippen LogP contribution in [0.15, 0.2) is 41.2 Å². The molecular weight excluding hydrogens is 342 g/mol. The summed E-state index contributed by atoms with van der Waals surface area (Å²) >= 11 is 0. The number of rotatable bonds is 5. The number of benzene rings is 1. The van der Waals surface area contributed by atoms with Crippen LogP contribution < -0.4 is 10.5 Å². The van der Waals surface area contributed by atoms with Gasteiger partial charge in [0.25, 0.3) is 5.56 Å². The fourth-order valence-electron chi connectivity index (χ4n) is 3.69. The number of fused-ring (bicyclic) bond motifs is 1. The first-order chi connectivity index (χ1) is 13.2. The van der Waals surface area contributed by atoms with E-state index in [9.17, 15) is 4.79 Å². The maximum absolute atomic E-state index is 13.1. The summed E-state index contributed by atoms with van der Waals surface area (Å²) in [5.74, 6) is 1.60. The molecule has 140 valence electrons. The molecule has 2 aromatic heterocycles. The molecule has 1 saturated heterocycles. The van der Waals surface area contributed by atoms with Crippen molar-refractivity contribution in [3.63, 3.8) is 0 Å². The molecule has 0 saturated carbocycles. The fraction of sp³-hybridized carbons (Fsp3) is 0.400. The number of aryl methyl sites for hydroxylation is 1. The molecule has 7 heteroatoms. The zero-order valence-electron chi connectivity index (χ0n) is 15.6. The molecule has 1 aliphatic heterocycles. The minimum atomic E-state index is -0.0190. The van der Waals surface area contributed by atoms with Gasteiger partial charge in [0.1, 0.15) is 5.82 Å². The van der Waals surface area contributed by atoms with E-state index in [-0.39, 0.29) is 11.6 Å². The quantitative estimate of drug-likeness (QED) is 0.692. The van der Waals surface area contributed by atoms with Crippen LogP contribution in [-0.4, -0.2) is 40.0 Å². The van der Waals surface area contributed by atoms with Gasteiger partial charge in [-0.15, -0.1) is 5.10 Å². The molecule has 7 nitrogen and oxygen atoms in total. The van der Waals surface area contributed by atoms with Crippen molar-refractivity contribution in [3.05, 3.63) is 58.3 Å². The smallest absolute Gasteiger partial charge is 0.261 e. The molecule has 0 N–H and O–H groups in total. The van der Waals surface area contributed by atoms with Gasteiger partial charge in [-0.25, -0.2) is 4.98 Å². The Kier molecular flexibility index (Phi) is 4.85. The van der Waals surface area contributed by atoms with E-state index in [4.69, 9.17) is 9.72 Å². The van der Waals surface area contributed by atoms with Crippen LogP contribution >= 0.6 is 0 Å². The molecule has 0 radical (unpaired) electrons. The van der Waals surface area contributed by atoms with Gasteiger partial charge in [-0.05, 0) is 44.0 Å². The van der Waals surface area contributed by atoms with Crippen LogP contribution in [0.2, 0.25) is 0 Å². The Morgan fingerprint density at radius 1 is 1.19 bits per heavy atom. The van der Waals surface area contributed by atoms with Crippen LogP contribution in [0.25, 0.3) is 10.9 Å². The van der Waals surface area contributed by atoms with Gasteiger partial charge in [-0.2, -0.15) is 5.10 Å². The first kappa shape index (κ1) is 17.6. The molecule has 0 amide bonds. The predicted molar refractivity (Wildman–Crippen MR) is 104 cm³/mol. The van der Waals surface area contributed by atoms with Crippen LogP contribution in [0.1, 0.15) is 30.4 Å². The van der Waals surface area contributed by atoms with Crippen molar-refractivity contribution in [2.45, 2.75) is 32.4 Å². The summed E-state index contributed by atoms with van der Waals surface area (Å²) in [6, 6.07) is 11.5. The summed E-state index contributed by atoms with van der Waals surface area (Å²) in [5, 5.41) is 9.18. The number of methoxy groups -OCH3 is 1. The second-order valence-corrected chi connectivity index (χ2v) is 6.82. The molecule has 27 heavy (non-hydrogen) atoms. The third kappa shape index (κ3) is 3.30. The van der Waals surface area contributed by atoms with E-state index in [1.807, 2.05) is 43.3 Å². The van der Waals surface area contributed by atoms with Gasteiger partial charge in [0, 0.05) is 13.7 Å². The van der Waals surface area contributed by atoms with Gasteiger partial charge in [0.05, 0.1) is 35.8 Å². The lowest BCUT2D eigenvalue weighted by Crippen LogP contribution is -2.33. The lowest BCUT2D eigenvalue weighted by molar-refractivity contribution is 0.184.